The largest absolute Gasteiger partial charge is 0.314 e. The van der Waals surface area contributed by atoms with E-state index < -0.39 is 0 Å². The van der Waals surface area contributed by atoms with Crippen molar-refractivity contribution in [2.24, 2.45) is 29.6 Å². The first-order chi connectivity index (χ1) is 14.3. The SMILES string of the molecule is CCC1CC(C=O)CCCC(C(=O)CC(CC)C(C)NCCC(C)C(I)NC)C1=S. The van der Waals surface area contributed by atoms with E-state index in [9.17, 15) is 9.59 Å². The summed E-state index contributed by atoms with van der Waals surface area (Å²) in [5, 5.41) is 6.97. The second-order valence-electron chi connectivity index (χ2n) is 9.16. The lowest BCUT2D eigenvalue weighted by atomic mass is 9.75. The Morgan fingerprint density at radius 3 is 2.57 bits per heavy atom. The number of thiocarbonyl (C=S) groups is 1. The van der Waals surface area contributed by atoms with E-state index in [1.165, 1.54) is 0 Å². The van der Waals surface area contributed by atoms with Crippen LogP contribution in [0.3, 0.4) is 0 Å². The number of Topliss-reactive ketones (excluding diaryl/α,β-unsaturated/α-hetero) is 1. The third-order valence-corrected chi connectivity index (χ3v) is 9.48. The van der Waals surface area contributed by atoms with Gasteiger partial charge in [-0.1, -0.05) is 68.4 Å². The molecule has 7 unspecified atom stereocenters. The van der Waals surface area contributed by atoms with Crippen molar-refractivity contribution in [3.05, 3.63) is 0 Å². The highest BCUT2D eigenvalue weighted by Crippen LogP contribution is 2.32. The molecule has 6 heteroatoms. The van der Waals surface area contributed by atoms with Crippen LogP contribution in [-0.4, -0.2) is 40.6 Å². The van der Waals surface area contributed by atoms with Gasteiger partial charge >= 0.3 is 0 Å². The van der Waals surface area contributed by atoms with Crippen LogP contribution < -0.4 is 10.6 Å². The summed E-state index contributed by atoms with van der Waals surface area (Å²) in [4.78, 5) is 25.5. The third kappa shape index (κ3) is 8.91. The van der Waals surface area contributed by atoms with E-state index in [4.69, 9.17) is 12.2 Å². The minimum atomic E-state index is -0.103. The number of ketones is 1. The van der Waals surface area contributed by atoms with Crippen molar-refractivity contribution < 1.29 is 9.59 Å². The second kappa shape index (κ2) is 15.0. The molecule has 0 aromatic carbocycles. The number of carbonyl (C=O) groups excluding carboxylic acids is 2. The van der Waals surface area contributed by atoms with E-state index in [0.717, 1.165) is 62.6 Å². The number of hydrogen-bond acceptors (Lipinski definition) is 5. The zero-order chi connectivity index (χ0) is 22.7. The summed E-state index contributed by atoms with van der Waals surface area (Å²) in [6.07, 6.45) is 8.17. The smallest absolute Gasteiger partial charge is 0.141 e. The van der Waals surface area contributed by atoms with Crippen LogP contribution in [0, 0.1) is 29.6 Å². The lowest BCUT2D eigenvalue weighted by Crippen LogP contribution is -2.39. The van der Waals surface area contributed by atoms with Crippen LogP contribution in [0.4, 0.5) is 0 Å². The van der Waals surface area contributed by atoms with E-state index in [0.29, 0.717) is 34.1 Å². The Labute approximate surface area is 203 Å². The predicted molar refractivity (Wildman–Crippen MR) is 139 cm³/mol. The van der Waals surface area contributed by atoms with Crippen molar-refractivity contribution in [2.75, 3.05) is 13.6 Å². The molecule has 0 aliphatic heterocycles. The molecule has 0 radical (unpaired) electrons. The fraction of sp³-hybridized carbons (Fsp3) is 0.875. The molecule has 1 aliphatic rings. The lowest BCUT2D eigenvalue weighted by molar-refractivity contribution is -0.122. The van der Waals surface area contributed by atoms with Gasteiger partial charge in [-0.25, -0.2) is 0 Å². The Balaban J connectivity index is 2.65. The maximum absolute atomic E-state index is 13.3. The highest BCUT2D eigenvalue weighted by atomic mass is 127. The van der Waals surface area contributed by atoms with Crippen LogP contribution in [-0.2, 0) is 9.59 Å². The Morgan fingerprint density at radius 2 is 2.00 bits per heavy atom. The average Bonchev–Trinajstić information content (AvgIpc) is 2.74. The van der Waals surface area contributed by atoms with Crippen molar-refractivity contribution in [2.45, 2.75) is 89.2 Å². The van der Waals surface area contributed by atoms with E-state index in [1.54, 1.807) is 0 Å². The molecule has 4 nitrogen and oxygen atoms in total. The first-order valence-corrected chi connectivity index (χ1v) is 13.5. The van der Waals surface area contributed by atoms with Crippen molar-refractivity contribution in [3.63, 3.8) is 0 Å². The molecule has 1 aliphatic carbocycles. The van der Waals surface area contributed by atoms with Gasteiger partial charge in [0.1, 0.15) is 12.1 Å². The van der Waals surface area contributed by atoms with Crippen LogP contribution in [0.25, 0.3) is 0 Å². The number of aldehydes is 1. The van der Waals surface area contributed by atoms with Crippen LogP contribution in [0.5, 0.6) is 0 Å². The van der Waals surface area contributed by atoms with Gasteiger partial charge in [-0.2, -0.15) is 0 Å². The summed E-state index contributed by atoms with van der Waals surface area (Å²) >= 11 is 8.25. The summed E-state index contributed by atoms with van der Waals surface area (Å²) in [6, 6.07) is 0.317. The molecular formula is C24H43IN2O2S. The molecule has 2 N–H and O–H groups in total. The highest BCUT2D eigenvalue weighted by molar-refractivity contribution is 14.1. The molecular weight excluding hydrogens is 507 g/mol. The minimum absolute atomic E-state index is 0.101. The summed E-state index contributed by atoms with van der Waals surface area (Å²) < 4.78 is 0.480. The molecule has 0 heterocycles. The lowest BCUT2D eigenvalue weighted by Gasteiger charge is -2.31. The van der Waals surface area contributed by atoms with Gasteiger partial charge < -0.3 is 15.4 Å². The molecule has 0 amide bonds. The van der Waals surface area contributed by atoms with Crippen molar-refractivity contribution in [1.82, 2.24) is 10.6 Å². The van der Waals surface area contributed by atoms with Gasteiger partial charge in [-0.3, -0.25) is 4.79 Å². The molecule has 0 aromatic heterocycles. The van der Waals surface area contributed by atoms with E-state index in [-0.39, 0.29) is 17.8 Å². The van der Waals surface area contributed by atoms with E-state index in [2.05, 4.69) is 60.9 Å². The first kappa shape index (κ1) is 28.1. The molecule has 0 bridgehead atoms. The normalized spacial score (nSPS) is 26.9. The van der Waals surface area contributed by atoms with E-state index in [1.807, 2.05) is 7.05 Å². The molecule has 0 saturated heterocycles. The van der Waals surface area contributed by atoms with Crippen LogP contribution >= 0.6 is 34.8 Å². The highest BCUT2D eigenvalue weighted by Gasteiger charge is 2.33. The van der Waals surface area contributed by atoms with Gasteiger partial charge in [0.15, 0.2) is 0 Å². The Hall–Kier alpha value is 0.0800. The van der Waals surface area contributed by atoms with Crippen LogP contribution in [0.2, 0.25) is 0 Å². The first-order valence-electron chi connectivity index (χ1n) is 11.8. The topological polar surface area (TPSA) is 58.2 Å². The standard InChI is InChI=1S/C24H43IN2O2S/c1-6-19(17(4)27-12-11-16(3)24(25)26-5)14-22(29)21-10-8-9-18(15-28)13-20(7-2)23(21)30/h15-21,24,26-27H,6-14H2,1-5H3. The van der Waals surface area contributed by atoms with Gasteiger partial charge in [-0.05, 0) is 70.4 Å². The monoisotopic (exact) mass is 550 g/mol. The summed E-state index contributed by atoms with van der Waals surface area (Å²) in [6.45, 7) is 9.77. The third-order valence-electron chi connectivity index (χ3n) is 7.01. The van der Waals surface area contributed by atoms with Crippen molar-refractivity contribution in [1.29, 1.82) is 0 Å². The van der Waals surface area contributed by atoms with Gasteiger partial charge in [0.25, 0.3) is 0 Å². The molecule has 174 valence electrons. The minimum Gasteiger partial charge on any atom is -0.314 e. The van der Waals surface area contributed by atoms with Gasteiger partial charge in [0.05, 0.1) is 4.05 Å². The summed E-state index contributed by atoms with van der Waals surface area (Å²) in [5.74, 6) is 1.47. The summed E-state index contributed by atoms with van der Waals surface area (Å²) in [7, 11) is 2.00. The number of halogens is 1. The number of rotatable bonds is 13. The number of alkyl halides is 1. The number of carbonyl (C=O) groups is 2. The van der Waals surface area contributed by atoms with Gasteiger partial charge in [-0.15, -0.1) is 0 Å². The van der Waals surface area contributed by atoms with Crippen molar-refractivity contribution >= 4 is 51.7 Å². The maximum Gasteiger partial charge on any atom is 0.141 e. The van der Waals surface area contributed by atoms with Gasteiger partial charge in [0.2, 0.25) is 0 Å². The fourth-order valence-electron chi connectivity index (χ4n) is 4.63. The van der Waals surface area contributed by atoms with Crippen LogP contribution in [0.15, 0.2) is 0 Å². The molecule has 30 heavy (non-hydrogen) atoms. The maximum atomic E-state index is 13.3. The predicted octanol–water partition coefficient (Wildman–Crippen LogP) is 5.36. The van der Waals surface area contributed by atoms with Gasteiger partial charge in [0, 0.05) is 29.2 Å². The fourth-order valence-corrected chi connectivity index (χ4v) is 5.50. The molecule has 7 atom stereocenters. The van der Waals surface area contributed by atoms with E-state index >= 15 is 0 Å². The zero-order valence-electron chi connectivity index (χ0n) is 19.6. The molecule has 0 spiro atoms. The average molecular weight is 551 g/mol. The molecule has 1 rings (SSSR count). The number of hydrogen-bond donors (Lipinski definition) is 2. The Kier molecular flexibility index (Phi) is 14.1. The molecule has 1 fully saturated rings. The molecule has 1 saturated carbocycles. The second-order valence-corrected chi connectivity index (χ2v) is 11.0. The summed E-state index contributed by atoms with van der Waals surface area (Å²) in [5.41, 5.74) is 0. The van der Waals surface area contributed by atoms with Crippen LogP contribution in [0.1, 0.15) is 79.1 Å². The quantitative estimate of drug-likeness (QED) is 0.106. The van der Waals surface area contributed by atoms with Crippen molar-refractivity contribution in [3.8, 4) is 0 Å². The Morgan fingerprint density at radius 1 is 1.30 bits per heavy atom. The molecule has 0 aromatic rings. The Bertz CT molecular complexity index is 545. The zero-order valence-corrected chi connectivity index (χ0v) is 22.6. The number of nitrogens with one attached hydrogen (secondary N) is 2.